The number of hydrogen-bond donors (Lipinski definition) is 1. The Hall–Kier alpha value is -2.13. The van der Waals surface area contributed by atoms with Crippen LogP contribution in [0.3, 0.4) is 0 Å². The highest BCUT2D eigenvalue weighted by Crippen LogP contribution is 2.48. The van der Waals surface area contributed by atoms with E-state index in [1.54, 1.807) is 7.05 Å². The van der Waals surface area contributed by atoms with Gasteiger partial charge < -0.3 is 10.1 Å². The zero-order valence-electron chi connectivity index (χ0n) is 12.0. The van der Waals surface area contributed by atoms with E-state index in [0.717, 1.165) is 5.56 Å². The van der Waals surface area contributed by atoms with Gasteiger partial charge in [-0.2, -0.15) is 0 Å². The molecule has 0 aromatic heterocycles. The van der Waals surface area contributed by atoms with Crippen molar-refractivity contribution in [3.63, 3.8) is 0 Å². The molecule has 0 saturated carbocycles. The van der Waals surface area contributed by atoms with Gasteiger partial charge in [0.2, 0.25) is 5.91 Å². The second kappa shape index (κ2) is 6.10. The lowest BCUT2D eigenvalue weighted by Gasteiger charge is -2.14. The van der Waals surface area contributed by atoms with Crippen molar-refractivity contribution in [2.75, 3.05) is 7.05 Å². The summed E-state index contributed by atoms with van der Waals surface area (Å²) in [5, 5.41) is 2.71. The Labute approximate surface area is 124 Å². The van der Waals surface area contributed by atoms with Crippen molar-refractivity contribution in [3.8, 4) is 0 Å². The molecule has 0 spiro atoms. The quantitative estimate of drug-likeness (QED) is 0.856. The number of benzene rings is 2. The van der Waals surface area contributed by atoms with E-state index in [2.05, 4.69) is 29.6 Å². The number of carbonyl (C=O) groups excluding carboxylic acids is 1. The Bertz CT molecular complexity index is 597. The molecule has 0 aliphatic carbocycles. The molecule has 1 N–H and O–H groups in total. The smallest absolute Gasteiger partial charge is 0.220 e. The topological polar surface area (TPSA) is 41.6 Å². The maximum Gasteiger partial charge on any atom is 0.220 e. The van der Waals surface area contributed by atoms with Gasteiger partial charge >= 0.3 is 0 Å². The molecule has 0 unspecified atom stereocenters. The van der Waals surface area contributed by atoms with Crippen molar-refractivity contribution < 1.29 is 9.53 Å². The fourth-order valence-corrected chi connectivity index (χ4v) is 2.77. The second-order valence-corrected chi connectivity index (χ2v) is 5.33. The summed E-state index contributed by atoms with van der Waals surface area (Å²) in [4.78, 5) is 11.8. The van der Waals surface area contributed by atoms with Crippen LogP contribution in [-0.4, -0.2) is 19.1 Å². The third-order valence-corrected chi connectivity index (χ3v) is 3.96. The van der Waals surface area contributed by atoms with Crippen LogP contribution in [-0.2, 0) is 9.53 Å². The lowest BCUT2D eigenvalue weighted by molar-refractivity contribution is -0.121. The predicted molar refractivity (Wildman–Crippen MR) is 81.9 cm³/mol. The summed E-state index contributed by atoms with van der Waals surface area (Å²) in [7, 11) is 1.67. The van der Waals surface area contributed by atoms with E-state index in [9.17, 15) is 4.79 Å². The standard InChI is InChI=1S/C18H19NO2/c1-19-16(20)12-15(13-8-4-2-5-9-13)18-17(21-18)14-10-6-3-7-11-14/h2-11,15,17-18H,12H2,1H3,(H,19,20)/t15-,17+,18+/m1/s1. The zero-order chi connectivity index (χ0) is 14.7. The zero-order valence-corrected chi connectivity index (χ0v) is 12.0. The van der Waals surface area contributed by atoms with E-state index in [1.807, 2.05) is 36.4 Å². The lowest BCUT2D eigenvalue weighted by atomic mass is 9.89. The Morgan fingerprint density at radius 3 is 2.33 bits per heavy atom. The third kappa shape index (κ3) is 3.14. The molecule has 2 aromatic carbocycles. The first-order valence-electron chi connectivity index (χ1n) is 7.25. The highest BCUT2D eigenvalue weighted by molar-refractivity contribution is 5.76. The summed E-state index contributed by atoms with van der Waals surface area (Å²) in [5.41, 5.74) is 2.34. The van der Waals surface area contributed by atoms with Crippen LogP contribution in [0.4, 0.5) is 0 Å². The molecule has 1 aliphatic heterocycles. The largest absolute Gasteiger partial charge is 0.364 e. The van der Waals surface area contributed by atoms with Crippen molar-refractivity contribution in [3.05, 3.63) is 71.8 Å². The van der Waals surface area contributed by atoms with Crippen LogP contribution in [0.25, 0.3) is 0 Å². The van der Waals surface area contributed by atoms with E-state index >= 15 is 0 Å². The summed E-state index contributed by atoms with van der Waals surface area (Å²) in [6.45, 7) is 0. The van der Waals surface area contributed by atoms with Gasteiger partial charge in [-0.3, -0.25) is 4.79 Å². The Balaban J connectivity index is 1.79. The molecule has 3 nitrogen and oxygen atoms in total. The molecule has 3 rings (SSSR count). The monoisotopic (exact) mass is 281 g/mol. The number of epoxide rings is 1. The summed E-state index contributed by atoms with van der Waals surface area (Å²) in [6.07, 6.45) is 0.627. The molecule has 1 aliphatic rings. The van der Waals surface area contributed by atoms with E-state index in [0.29, 0.717) is 6.42 Å². The normalized spacial score (nSPS) is 21.6. The van der Waals surface area contributed by atoms with Gasteiger partial charge in [0.05, 0.1) is 6.10 Å². The SMILES string of the molecule is CNC(=O)C[C@H](c1ccccc1)[C@@H]1O[C@H]1c1ccccc1. The van der Waals surface area contributed by atoms with Gasteiger partial charge in [-0.1, -0.05) is 60.7 Å². The maximum absolute atomic E-state index is 11.8. The van der Waals surface area contributed by atoms with Gasteiger partial charge in [-0.15, -0.1) is 0 Å². The molecule has 0 radical (unpaired) electrons. The molecule has 1 amide bonds. The predicted octanol–water partition coefficient (Wildman–Crippen LogP) is 3.05. The first-order valence-corrected chi connectivity index (χ1v) is 7.25. The minimum atomic E-state index is 0.0474. The average Bonchev–Trinajstić information content (AvgIpc) is 3.34. The number of ether oxygens (including phenoxy) is 1. The second-order valence-electron chi connectivity index (χ2n) is 5.33. The van der Waals surface area contributed by atoms with Crippen molar-refractivity contribution in [2.24, 2.45) is 0 Å². The molecule has 1 saturated heterocycles. The molecule has 3 heteroatoms. The molecular weight excluding hydrogens is 262 g/mol. The van der Waals surface area contributed by atoms with Crippen LogP contribution in [0.5, 0.6) is 0 Å². The molecule has 3 atom stereocenters. The first kappa shape index (κ1) is 13.8. The summed E-state index contributed by atoms with van der Waals surface area (Å²) in [5.74, 6) is 0.141. The van der Waals surface area contributed by atoms with E-state index in [4.69, 9.17) is 4.74 Å². The van der Waals surface area contributed by atoms with E-state index < -0.39 is 0 Å². The van der Waals surface area contributed by atoms with Crippen molar-refractivity contribution in [1.29, 1.82) is 0 Å². The average molecular weight is 281 g/mol. The van der Waals surface area contributed by atoms with Gasteiger partial charge in [0.15, 0.2) is 0 Å². The van der Waals surface area contributed by atoms with Crippen LogP contribution in [0, 0.1) is 0 Å². The molecule has 0 bridgehead atoms. The van der Waals surface area contributed by atoms with Crippen LogP contribution < -0.4 is 5.32 Å². The van der Waals surface area contributed by atoms with Gasteiger partial charge in [0.1, 0.15) is 6.10 Å². The molecule has 2 aromatic rings. The summed E-state index contributed by atoms with van der Waals surface area (Å²) >= 11 is 0. The molecule has 1 fully saturated rings. The minimum absolute atomic E-state index is 0.0474. The number of carbonyl (C=O) groups is 1. The van der Waals surface area contributed by atoms with Crippen LogP contribution >= 0.6 is 0 Å². The van der Waals surface area contributed by atoms with E-state index in [1.165, 1.54) is 5.56 Å². The van der Waals surface area contributed by atoms with E-state index in [-0.39, 0.29) is 24.0 Å². The Kier molecular flexibility index (Phi) is 4.02. The highest BCUT2D eigenvalue weighted by Gasteiger charge is 2.46. The summed E-state index contributed by atoms with van der Waals surface area (Å²) < 4.78 is 5.88. The first-order chi connectivity index (χ1) is 10.3. The van der Waals surface area contributed by atoms with Gasteiger partial charge in [-0.25, -0.2) is 0 Å². The Morgan fingerprint density at radius 1 is 1.10 bits per heavy atom. The van der Waals surface area contributed by atoms with Gasteiger partial charge in [0.25, 0.3) is 0 Å². The number of amides is 1. The number of hydrogen-bond acceptors (Lipinski definition) is 2. The number of rotatable bonds is 5. The van der Waals surface area contributed by atoms with Gasteiger partial charge in [-0.05, 0) is 11.1 Å². The van der Waals surface area contributed by atoms with Crippen LogP contribution in [0.2, 0.25) is 0 Å². The summed E-state index contributed by atoms with van der Waals surface area (Å²) in [6, 6.07) is 20.3. The van der Waals surface area contributed by atoms with Crippen LogP contribution in [0.15, 0.2) is 60.7 Å². The fraction of sp³-hybridized carbons (Fsp3) is 0.278. The number of nitrogens with one attached hydrogen (secondary N) is 1. The van der Waals surface area contributed by atoms with Crippen molar-refractivity contribution in [1.82, 2.24) is 5.32 Å². The van der Waals surface area contributed by atoms with Crippen LogP contribution in [0.1, 0.15) is 29.6 Å². The molecular formula is C18H19NO2. The fourth-order valence-electron chi connectivity index (χ4n) is 2.77. The van der Waals surface area contributed by atoms with Crippen molar-refractivity contribution >= 4 is 5.91 Å². The molecule has 21 heavy (non-hydrogen) atoms. The maximum atomic E-state index is 11.8. The molecule has 108 valence electrons. The van der Waals surface area contributed by atoms with Crippen molar-refractivity contribution in [2.45, 2.75) is 24.5 Å². The molecule has 1 heterocycles. The lowest BCUT2D eigenvalue weighted by Crippen LogP contribution is -2.22. The Morgan fingerprint density at radius 2 is 1.71 bits per heavy atom. The highest BCUT2D eigenvalue weighted by atomic mass is 16.6. The third-order valence-electron chi connectivity index (χ3n) is 3.96. The minimum Gasteiger partial charge on any atom is -0.364 e. The van der Waals surface area contributed by atoms with Gasteiger partial charge in [0, 0.05) is 19.4 Å².